The Labute approximate surface area is 137 Å². The Balaban J connectivity index is 1.73. The first-order valence-corrected chi connectivity index (χ1v) is 8.11. The summed E-state index contributed by atoms with van der Waals surface area (Å²) in [7, 11) is 5.78. The van der Waals surface area contributed by atoms with Crippen molar-refractivity contribution in [2.75, 3.05) is 59.0 Å². The van der Waals surface area contributed by atoms with Crippen molar-refractivity contribution in [3.8, 4) is 5.88 Å². The quantitative estimate of drug-likeness (QED) is 0.812. The van der Waals surface area contributed by atoms with Crippen molar-refractivity contribution in [2.24, 2.45) is 0 Å². The molecule has 3 heterocycles. The number of aromatic nitrogens is 2. The van der Waals surface area contributed by atoms with Crippen molar-refractivity contribution >= 4 is 5.82 Å². The summed E-state index contributed by atoms with van der Waals surface area (Å²) in [5, 5.41) is 0. The minimum absolute atomic E-state index is 0.241. The molecule has 2 aliphatic rings. The Kier molecular flexibility index (Phi) is 4.99. The minimum atomic E-state index is -0.241. The van der Waals surface area contributed by atoms with Gasteiger partial charge in [0.05, 0.1) is 33.0 Å². The van der Waals surface area contributed by atoms with E-state index in [0.717, 1.165) is 38.3 Å². The molecule has 7 heteroatoms. The molecule has 2 aliphatic heterocycles. The molecule has 0 aromatic carbocycles. The van der Waals surface area contributed by atoms with Crippen molar-refractivity contribution in [3.05, 3.63) is 12.4 Å². The molecule has 128 valence electrons. The Morgan fingerprint density at radius 1 is 1.43 bits per heavy atom. The van der Waals surface area contributed by atoms with Gasteiger partial charge in [-0.1, -0.05) is 0 Å². The van der Waals surface area contributed by atoms with Crippen LogP contribution >= 0.6 is 0 Å². The molecule has 0 N–H and O–H groups in total. The summed E-state index contributed by atoms with van der Waals surface area (Å²) in [6.45, 7) is 3.86. The van der Waals surface area contributed by atoms with Crippen LogP contribution < -0.4 is 9.64 Å². The first-order chi connectivity index (χ1) is 11.1. The molecule has 1 aromatic heterocycles. The third kappa shape index (κ3) is 3.91. The Morgan fingerprint density at radius 2 is 2.30 bits per heavy atom. The lowest BCUT2D eigenvalue weighted by Crippen LogP contribution is -2.45. The molecular weight excluding hydrogens is 296 g/mol. The molecule has 0 bridgehead atoms. The fourth-order valence-electron chi connectivity index (χ4n) is 3.37. The van der Waals surface area contributed by atoms with E-state index in [0.29, 0.717) is 19.1 Å². The first-order valence-electron chi connectivity index (χ1n) is 8.11. The lowest BCUT2D eigenvalue weighted by molar-refractivity contribution is -0.0805. The molecule has 2 fully saturated rings. The summed E-state index contributed by atoms with van der Waals surface area (Å²) in [5.41, 5.74) is -0.241. The van der Waals surface area contributed by atoms with Crippen LogP contribution in [0.4, 0.5) is 5.82 Å². The maximum absolute atomic E-state index is 6.41. The second-order valence-corrected chi connectivity index (χ2v) is 6.62. The van der Waals surface area contributed by atoms with Gasteiger partial charge in [-0.15, -0.1) is 0 Å². The van der Waals surface area contributed by atoms with E-state index in [2.05, 4.69) is 33.9 Å². The van der Waals surface area contributed by atoms with E-state index in [1.165, 1.54) is 6.33 Å². The van der Waals surface area contributed by atoms with Crippen LogP contribution in [-0.4, -0.2) is 80.6 Å². The van der Waals surface area contributed by atoms with Crippen LogP contribution in [0.2, 0.25) is 0 Å². The standard InChI is InChI=1S/C16H26N4O3/c1-19(2)9-13-4-5-16(23-13)10-20(6-7-22-11-16)14-8-15(21-3)18-12-17-14/h8,12-13H,4-7,9-11H2,1-3H3. The van der Waals surface area contributed by atoms with Gasteiger partial charge >= 0.3 is 0 Å². The molecule has 1 spiro atoms. The Bertz CT molecular complexity index is 528. The van der Waals surface area contributed by atoms with E-state index in [-0.39, 0.29) is 11.7 Å². The van der Waals surface area contributed by atoms with Crippen LogP contribution in [0.15, 0.2) is 12.4 Å². The normalized spacial score (nSPS) is 28.3. The average Bonchev–Trinajstić information content (AvgIpc) is 2.79. The SMILES string of the molecule is COc1cc(N2CCOCC3(CCC(CN(C)C)O3)C2)ncn1. The first kappa shape index (κ1) is 16.4. The third-order valence-electron chi connectivity index (χ3n) is 4.42. The number of likely N-dealkylation sites (N-methyl/N-ethyl adjacent to an activating group) is 1. The molecule has 0 saturated carbocycles. The van der Waals surface area contributed by atoms with Crippen LogP contribution in [0.1, 0.15) is 12.8 Å². The van der Waals surface area contributed by atoms with E-state index in [1.807, 2.05) is 6.07 Å². The predicted octanol–water partition coefficient (Wildman–Crippen LogP) is 0.801. The minimum Gasteiger partial charge on any atom is -0.481 e. The van der Waals surface area contributed by atoms with Gasteiger partial charge in [-0.05, 0) is 26.9 Å². The summed E-state index contributed by atoms with van der Waals surface area (Å²) < 4.78 is 17.5. The van der Waals surface area contributed by atoms with Crippen molar-refractivity contribution in [2.45, 2.75) is 24.5 Å². The van der Waals surface area contributed by atoms with Crippen LogP contribution in [0.25, 0.3) is 0 Å². The van der Waals surface area contributed by atoms with Gasteiger partial charge in [0.25, 0.3) is 0 Å². The molecule has 7 nitrogen and oxygen atoms in total. The van der Waals surface area contributed by atoms with Gasteiger partial charge < -0.3 is 24.0 Å². The zero-order valence-corrected chi connectivity index (χ0v) is 14.2. The monoisotopic (exact) mass is 322 g/mol. The maximum Gasteiger partial charge on any atom is 0.218 e. The van der Waals surface area contributed by atoms with E-state index in [1.54, 1.807) is 7.11 Å². The fraction of sp³-hybridized carbons (Fsp3) is 0.750. The summed E-state index contributed by atoms with van der Waals surface area (Å²) >= 11 is 0. The average molecular weight is 322 g/mol. The number of hydrogen-bond acceptors (Lipinski definition) is 7. The highest BCUT2D eigenvalue weighted by molar-refractivity contribution is 5.41. The molecule has 0 aliphatic carbocycles. The third-order valence-corrected chi connectivity index (χ3v) is 4.42. The summed E-state index contributed by atoms with van der Waals surface area (Å²) in [5.74, 6) is 1.44. The molecular formula is C16H26N4O3. The van der Waals surface area contributed by atoms with Crippen molar-refractivity contribution < 1.29 is 14.2 Å². The lowest BCUT2D eigenvalue weighted by atomic mass is 10.00. The highest BCUT2D eigenvalue weighted by atomic mass is 16.6. The Morgan fingerprint density at radius 3 is 3.09 bits per heavy atom. The number of ether oxygens (including phenoxy) is 3. The van der Waals surface area contributed by atoms with Crippen LogP contribution in [0.5, 0.6) is 5.88 Å². The van der Waals surface area contributed by atoms with Crippen molar-refractivity contribution in [1.82, 2.24) is 14.9 Å². The van der Waals surface area contributed by atoms with E-state index >= 15 is 0 Å². The highest BCUT2D eigenvalue weighted by Crippen LogP contribution is 2.34. The number of nitrogens with zero attached hydrogens (tertiary/aromatic N) is 4. The van der Waals surface area contributed by atoms with Gasteiger partial charge in [-0.3, -0.25) is 0 Å². The van der Waals surface area contributed by atoms with E-state index in [4.69, 9.17) is 14.2 Å². The van der Waals surface area contributed by atoms with Crippen molar-refractivity contribution in [1.29, 1.82) is 0 Å². The van der Waals surface area contributed by atoms with Crippen LogP contribution in [-0.2, 0) is 9.47 Å². The zero-order valence-electron chi connectivity index (χ0n) is 14.2. The molecule has 1 aromatic rings. The van der Waals surface area contributed by atoms with Gasteiger partial charge in [-0.2, -0.15) is 0 Å². The molecule has 0 amide bonds. The molecule has 23 heavy (non-hydrogen) atoms. The summed E-state index contributed by atoms with van der Waals surface area (Å²) in [6, 6.07) is 1.87. The van der Waals surface area contributed by atoms with Crippen molar-refractivity contribution in [3.63, 3.8) is 0 Å². The second kappa shape index (κ2) is 6.98. The van der Waals surface area contributed by atoms with E-state index in [9.17, 15) is 0 Å². The number of methoxy groups -OCH3 is 1. The predicted molar refractivity (Wildman–Crippen MR) is 87.0 cm³/mol. The van der Waals surface area contributed by atoms with Gasteiger partial charge in [0.1, 0.15) is 17.7 Å². The second-order valence-electron chi connectivity index (χ2n) is 6.62. The summed E-state index contributed by atoms with van der Waals surface area (Å²) in [4.78, 5) is 12.9. The smallest absolute Gasteiger partial charge is 0.218 e. The highest BCUT2D eigenvalue weighted by Gasteiger charge is 2.43. The number of anilines is 1. The maximum atomic E-state index is 6.41. The molecule has 2 saturated heterocycles. The van der Waals surface area contributed by atoms with Gasteiger partial charge in [0.15, 0.2) is 0 Å². The molecule has 2 atom stereocenters. The van der Waals surface area contributed by atoms with Gasteiger partial charge in [0, 0.05) is 19.2 Å². The number of rotatable bonds is 4. The molecule has 3 rings (SSSR count). The Hall–Kier alpha value is -1.44. The van der Waals surface area contributed by atoms with Crippen LogP contribution in [0, 0.1) is 0 Å². The fourth-order valence-corrected chi connectivity index (χ4v) is 3.37. The lowest BCUT2D eigenvalue weighted by Gasteiger charge is -2.32. The van der Waals surface area contributed by atoms with Crippen LogP contribution in [0.3, 0.4) is 0 Å². The largest absolute Gasteiger partial charge is 0.481 e. The van der Waals surface area contributed by atoms with Gasteiger partial charge in [0.2, 0.25) is 5.88 Å². The van der Waals surface area contributed by atoms with E-state index < -0.39 is 0 Å². The number of hydrogen-bond donors (Lipinski definition) is 0. The zero-order chi connectivity index (χ0) is 16.3. The van der Waals surface area contributed by atoms with Gasteiger partial charge in [-0.25, -0.2) is 9.97 Å². The molecule has 0 radical (unpaired) electrons. The topological polar surface area (TPSA) is 60.0 Å². The molecule has 2 unspecified atom stereocenters. The summed E-state index contributed by atoms with van der Waals surface area (Å²) in [6.07, 6.45) is 3.90.